The summed E-state index contributed by atoms with van der Waals surface area (Å²) in [6.07, 6.45) is 6.88. The molecule has 0 bridgehead atoms. The van der Waals surface area contributed by atoms with Gasteiger partial charge in [-0.3, -0.25) is 4.90 Å². The molecular weight excluding hydrogens is 540 g/mol. The fourth-order valence-corrected chi connectivity index (χ4v) is 8.59. The highest BCUT2D eigenvalue weighted by atomic mass is 32.2. The van der Waals surface area contributed by atoms with Gasteiger partial charge in [-0.2, -0.15) is 9.29 Å². The number of rotatable bonds is 9. The highest BCUT2D eigenvalue weighted by Crippen LogP contribution is 2.32. The molecular formula is C30H46N6O4S. The molecule has 3 fully saturated rings. The van der Waals surface area contributed by atoms with E-state index in [1.54, 1.807) is 35.8 Å². The second kappa shape index (κ2) is 13.2. The molecule has 0 aliphatic carbocycles. The van der Waals surface area contributed by atoms with Gasteiger partial charge in [0.25, 0.3) is 0 Å². The molecule has 1 unspecified atom stereocenters. The van der Waals surface area contributed by atoms with E-state index in [0.717, 1.165) is 51.4 Å². The number of piperidine rings is 2. The van der Waals surface area contributed by atoms with Gasteiger partial charge in [0, 0.05) is 51.5 Å². The van der Waals surface area contributed by atoms with Crippen molar-refractivity contribution in [2.75, 3.05) is 78.0 Å². The van der Waals surface area contributed by atoms with Crippen molar-refractivity contribution in [1.82, 2.24) is 24.1 Å². The fraction of sp³-hybridized carbons (Fsp3) is 0.667. The van der Waals surface area contributed by atoms with E-state index in [9.17, 15) is 8.42 Å². The molecule has 0 saturated carbocycles. The Morgan fingerprint density at radius 2 is 1.66 bits per heavy atom. The highest BCUT2D eigenvalue weighted by molar-refractivity contribution is 7.89. The van der Waals surface area contributed by atoms with Crippen molar-refractivity contribution < 1.29 is 17.9 Å². The third-order valence-corrected chi connectivity index (χ3v) is 11.1. The summed E-state index contributed by atoms with van der Waals surface area (Å²) in [7, 11) is 0.110. The zero-order valence-electron chi connectivity index (χ0n) is 25.1. The van der Waals surface area contributed by atoms with Gasteiger partial charge in [-0.15, -0.1) is 0 Å². The molecule has 0 spiro atoms. The number of sulfonamides is 1. The Labute approximate surface area is 245 Å². The molecule has 226 valence electrons. The quantitative estimate of drug-likeness (QED) is 0.439. The molecule has 10 nitrogen and oxygen atoms in total. The van der Waals surface area contributed by atoms with Crippen molar-refractivity contribution in [2.24, 2.45) is 5.92 Å². The van der Waals surface area contributed by atoms with Crippen molar-refractivity contribution >= 4 is 16.0 Å². The summed E-state index contributed by atoms with van der Waals surface area (Å²) in [5.41, 5.74) is 1.39. The van der Waals surface area contributed by atoms with Crippen LogP contribution in [0.5, 0.6) is 11.6 Å². The Balaban J connectivity index is 1.19. The number of hydrogen-bond acceptors (Lipinski definition) is 9. The van der Waals surface area contributed by atoms with Crippen molar-refractivity contribution in [1.29, 1.82) is 0 Å². The smallest absolute Gasteiger partial charge is 0.243 e. The number of piperazine rings is 1. The minimum absolute atomic E-state index is 0.254. The minimum atomic E-state index is -3.70. The maximum Gasteiger partial charge on any atom is 0.243 e. The molecule has 1 aromatic carbocycles. The van der Waals surface area contributed by atoms with Gasteiger partial charge in [0.05, 0.1) is 18.0 Å². The van der Waals surface area contributed by atoms with Gasteiger partial charge in [0.15, 0.2) is 0 Å². The van der Waals surface area contributed by atoms with E-state index < -0.39 is 10.0 Å². The van der Waals surface area contributed by atoms with E-state index in [2.05, 4.69) is 26.7 Å². The van der Waals surface area contributed by atoms with Crippen molar-refractivity contribution in [3.05, 3.63) is 35.5 Å². The molecule has 3 aliphatic heterocycles. The van der Waals surface area contributed by atoms with Gasteiger partial charge in [-0.05, 0) is 88.8 Å². The average molecular weight is 587 g/mol. The minimum Gasteiger partial charge on any atom is -0.497 e. The molecule has 1 aromatic heterocycles. The predicted molar refractivity (Wildman–Crippen MR) is 160 cm³/mol. The first-order chi connectivity index (χ1) is 19.7. The first-order valence-electron chi connectivity index (χ1n) is 15.0. The lowest BCUT2D eigenvalue weighted by atomic mass is 9.96. The standard InChI is InChI=1S/C30H46N6O4S/c1-23-19-27(39-4)20-24(2)29(23)41(37,38)36-12-6-5-7-26(36)22-40-28-8-11-31-30(32-28)35-17-15-34(16-18-35)21-25-9-13-33(3)14-10-25/h8,11,19-20,25-26H,5-7,9-10,12-18,21-22H2,1-4H3. The first-order valence-corrected chi connectivity index (χ1v) is 16.5. The second-order valence-electron chi connectivity index (χ2n) is 11.9. The molecule has 5 rings (SSSR count). The Hall–Kier alpha value is -2.47. The first kappa shape index (κ1) is 30.0. The molecule has 0 radical (unpaired) electrons. The zero-order valence-corrected chi connectivity index (χ0v) is 25.9. The molecule has 0 N–H and O–H groups in total. The van der Waals surface area contributed by atoms with Crippen LogP contribution in [0, 0.1) is 19.8 Å². The van der Waals surface area contributed by atoms with E-state index in [4.69, 9.17) is 14.5 Å². The topological polar surface area (TPSA) is 91.3 Å². The molecule has 3 aliphatic rings. The van der Waals surface area contributed by atoms with E-state index in [0.29, 0.717) is 40.1 Å². The van der Waals surface area contributed by atoms with E-state index in [-0.39, 0.29) is 12.6 Å². The van der Waals surface area contributed by atoms with E-state index in [1.807, 2.05) is 13.8 Å². The van der Waals surface area contributed by atoms with Gasteiger partial charge >= 0.3 is 0 Å². The second-order valence-corrected chi connectivity index (χ2v) is 13.7. The van der Waals surface area contributed by atoms with Crippen LogP contribution in [-0.4, -0.2) is 112 Å². The Morgan fingerprint density at radius 3 is 2.34 bits per heavy atom. The molecule has 0 amide bonds. The monoisotopic (exact) mass is 586 g/mol. The van der Waals surface area contributed by atoms with Crippen LogP contribution in [0.25, 0.3) is 0 Å². The van der Waals surface area contributed by atoms with Crippen LogP contribution in [0.4, 0.5) is 5.95 Å². The average Bonchev–Trinajstić information content (AvgIpc) is 2.97. The number of likely N-dealkylation sites (tertiary alicyclic amines) is 1. The summed E-state index contributed by atoms with van der Waals surface area (Å²) in [6, 6.07) is 5.08. The molecule has 11 heteroatoms. The Kier molecular flexibility index (Phi) is 9.68. The molecule has 3 saturated heterocycles. The van der Waals surface area contributed by atoms with Crippen molar-refractivity contribution in [3.8, 4) is 11.6 Å². The third-order valence-electron chi connectivity index (χ3n) is 8.86. The largest absolute Gasteiger partial charge is 0.497 e. The lowest BCUT2D eigenvalue weighted by molar-refractivity contribution is 0.155. The predicted octanol–water partition coefficient (Wildman–Crippen LogP) is 3.19. The number of aromatic nitrogens is 2. The van der Waals surface area contributed by atoms with Crippen molar-refractivity contribution in [2.45, 2.75) is 56.9 Å². The SMILES string of the molecule is COc1cc(C)c(S(=O)(=O)N2CCCCC2COc2ccnc(N3CCN(CC4CCN(C)CC4)CC3)n2)c(C)c1. The number of anilines is 1. The fourth-order valence-electron chi connectivity index (χ4n) is 6.50. The summed E-state index contributed by atoms with van der Waals surface area (Å²) in [5.74, 6) is 2.63. The molecule has 41 heavy (non-hydrogen) atoms. The van der Waals surface area contributed by atoms with Crippen molar-refractivity contribution in [3.63, 3.8) is 0 Å². The van der Waals surface area contributed by atoms with E-state index in [1.165, 1.54) is 32.5 Å². The molecule has 1 atom stereocenters. The summed E-state index contributed by atoms with van der Waals surface area (Å²) in [4.78, 5) is 16.8. The Morgan fingerprint density at radius 1 is 0.951 bits per heavy atom. The van der Waals surface area contributed by atoms with Gasteiger partial charge in [0.1, 0.15) is 12.4 Å². The zero-order chi connectivity index (χ0) is 29.0. The lowest BCUT2D eigenvalue weighted by Gasteiger charge is -2.38. The summed E-state index contributed by atoms with van der Waals surface area (Å²) in [5, 5.41) is 0. The maximum atomic E-state index is 13.9. The third kappa shape index (κ3) is 7.13. The number of aryl methyl sites for hydroxylation is 2. The summed E-state index contributed by atoms with van der Waals surface area (Å²) >= 11 is 0. The number of nitrogens with zero attached hydrogens (tertiary/aromatic N) is 6. The van der Waals surface area contributed by atoms with Crippen LogP contribution in [0.2, 0.25) is 0 Å². The number of methoxy groups -OCH3 is 1. The van der Waals surface area contributed by atoms with Crippen LogP contribution >= 0.6 is 0 Å². The lowest BCUT2D eigenvalue weighted by Crippen LogP contribution is -2.49. The van der Waals surface area contributed by atoms with Gasteiger partial charge in [-0.25, -0.2) is 13.4 Å². The number of hydrogen-bond donors (Lipinski definition) is 0. The van der Waals surface area contributed by atoms with Gasteiger partial charge in [-0.1, -0.05) is 6.42 Å². The van der Waals surface area contributed by atoms with Crippen LogP contribution in [0.3, 0.4) is 0 Å². The van der Waals surface area contributed by atoms with Crippen LogP contribution in [0.15, 0.2) is 29.3 Å². The molecule has 2 aromatic rings. The Bertz CT molecular complexity index is 1250. The van der Waals surface area contributed by atoms with Gasteiger partial charge < -0.3 is 19.3 Å². The highest BCUT2D eigenvalue weighted by Gasteiger charge is 2.36. The summed E-state index contributed by atoms with van der Waals surface area (Å²) < 4.78 is 40.9. The number of benzene rings is 1. The van der Waals surface area contributed by atoms with E-state index >= 15 is 0 Å². The molecule has 4 heterocycles. The van der Waals surface area contributed by atoms with Crippen LogP contribution in [0.1, 0.15) is 43.2 Å². The maximum absolute atomic E-state index is 13.9. The van der Waals surface area contributed by atoms with Gasteiger partial charge in [0.2, 0.25) is 21.9 Å². The normalized spacial score (nSPS) is 22.1. The van der Waals surface area contributed by atoms with Crippen LogP contribution in [-0.2, 0) is 10.0 Å². The van der Waals surface area contributed by atoms with Crippen LogP contribution < -0.4 is 14.4 Å². The number of ether oxygens (including phenoxy) is 2. The summed E-state index contributed by atoms with van der Waals surface area (Å²) in [6.45, 7) is 11.8.